The van der Waals surface area contributed by atoms with Gasteiger partial charge in [-0.25, -0.2) is 0 Å². The summed E-state index contributed by atoms with van der Waals surface area (Å²) in [7, 11) is 0. The van der Waals surface area contributed by atoms with Crippen molar-refractivity contribution in [2.24, 2.45) is 11.7 Å². The molecule has 0 radical (unpaired) electrons. The van der Waals surface area contributed by atoms with E-state index in [4.69, 9.17) is 10.5 Å². The minimum absolute atomic E-state index is 0.106. The standard InChI is InChI=1S/C10H22N2O2/c1-3-4-9(2)10(13)12-6-8-14-7-5-11/h9H,3-8,11H2,1-2H3,(H,12,13). The number of carbonyl (C=O) groups is 1. The molecule has 0 aromatic rings. The van der Waals surface area contributed by atoms with Crippen LogP contribution in [-0.2, 0) is 9.53 Å². The van der Waals surface area contributed by atoms with Gasteiger partial charge in [0.15, 0.2) is 0 Å². The molecule has 3 N–H and O–H groups in total. The number of nitrogens with one attached hydrogen (secondary N) is 1. The Morgan fingerprint density at radius 3 is 2.79 bits per heavy atom. The topological polar surface area (TPSA) is 64.3 Å². The van der Waals surface area contributed by atoms with Gasteiger partial charge in [-0.1, -0.05) is 20.3 Å². The van der Waals surface area contributed by atoms with Gasteiger partial charge in [0.1, 0.15) is 0 Å². The van der Waals surface area contributed by atoms with Crippen LogP contribution in [0.2, 0.25) is 0 Å². The van der Waals surface area contributed by atoms with Crippen LogP contribution in [0.15, 0.2) is 0 Å². The zero-order chi connectivity index (χ0) is 10.8. The number of hydrogen-bond donors (Lipinski definition) is 2. The summed E-state index contributed by atoms with van der Waals surface area (Å²) in [6.45, 7) is 6.23. The molecule has 0 rings (SSSR count). The van der Waals surface area contributed by atoms with Crippen LogP contribution in [-0.4, -0.2) is 32.2 Å². The van der Waals surface area contributed by atoms with Gasteiger partial charge in [0.25, 0.3) is 0 Å². The van der Waals surface area contributed by atoms with Crippen LogP contribution < -0.4 is 11.1 Å². The molecule has 1 atom stereocenters. The number of carbonyl (C=O) groups excluding carboxylic acids is 1. The Morgan fingerprint density at radius 1 is 1.50 bits per heavy atom. The first-order valence-electron chi connectivity index (χ1n) is 5.27. The van der Waals surface area contributed by atoms with E-state index in [0.29, 0.717) is 26.3 Å². The average Bonchev–Trinajstić information content (AvgIpc) is 2.17. The van der Waals surface area contributed by atoms with Crippen molar-refractivity contribution in [2.45, 2.75) is 26.7 Å². The van der Waals surface area contributed by atoms with Crippen molar-refractivity contribution >= 4 is 5.91 Å². The largest absolute Gasteiger partial charge is 0.378 e. The van der Waals surface area contributed by atoms with Crippen LogP contribution in [0.1, 0.15) is 26.7 Å². The second-order valence-electron chi connectivity index (χ2n) is 3.38. The second-order valence-corrected chi connectivity index (χ2v) is 3.38. The van der Waals surface area contributed by atoms with E-state index in [1.54, 1.807) is 0 Å². The molecule has 0 bridgehead atoms. The van der Waals surface area contributed by atoms with Crippen LogP contribution in [0.3, 0.4) is 0 Å². The SMILES string of the molecule is CCCC(C)C(=O)NCCOCCN. The lowest BCUT2D eigenvalue weighted by atomic mass is 10.1. The normalized spacial score (nSPS) is 12.5. The van der Waals surface area contributed by atoms with Crippen molar-refractivity contribution < 1.29 is 9.53 Å². The number of rotatable bonds is 8. The van der Waals surface area contributed by atoms with Gasteiger partial charge in [0.2, 0.25) is 5.91 Å². The highest BCUT2D eigenvalue weighted by Crippen LogP contribution is 2.03. The molecule has 1 unspecified atom stereocenters. The number of hydrogen-bond acceptors (Lipinski definition) is 3. The van der Waals surface area contributed by atoms with E-state index in [0.717, 1.165) is 12.8 Å². The maximum Gasteiger partial charge on any atom is 0.222 e. The molecule has 0 aliphatic rings. The molecule has 0 aliphatic carbocycles. The molecule has 0 fully saturated rings. The Labute approximate surface area is 86.2 Å². The summed E-state index contributed by atoms with van der Waals surface area (Å²) in [5, 5.41) is 2.82. The minimum Gasteiger partial charge on any atom is -0.378 e. The second kappa shape index (κ2) is 8.97. The maximum atomic E-state index is 11.4. The van der Waals surface area contributed by atoms with Crippen molar-refractivity contribution in [1.29, 1.82) is 0 Å². The molecule has 1 amide bonds. The fourth-order valence-electron chi connectivity index (χ4n) is 1.17. The van der Waals surface area contributed by atoms with Gasteiger partial charge in [-0.2, -0.15) is 0 Å². The lowest BCUT2D eigenvalue weighted by Crippen LogP contribution is -2.32. The molecule has 0 aliphatic heterocycles. The van der Waals surface area contributed by atoms with Crippen LogP contribution in [0, 0.1) is 5.92 Å². The summed E-state index contributed by atoms with van der Waals surface area (Å²) in [6, 6.07) is 0. The fraction of sp³-hybridized carbons (Fsp3) is 0.900. The lowest BCUT2D eigenvalue weighted by molar-refractivity contribution is -0.124. The predicted octanol–water partition coefficient (Wildman–Crippen LogP) is 0.514. The Balaban J connectivity index is 3.34. The first-order chi connectivity index (χ1) is 6.72. The van der Waals surface area contributed by atoms with Crippen LogP contribution >= 0.6 is 0 Å². The molecular formula is C10H22N2O2. The Bertz CT molecular complexity index is 151. The quantitative estimate of drug-likeness (QED) is 0.564. The minimum atomic E-state index is 0.106. The molecule has 4 nitrogen and oxygen atoms in total. The van der Waals surface area contributed by atoms with E-state index >= 15 is 0 Å². The lowest BCUT2D eigenvalue weighted by Gasteiger charge is -2.10. The van der Waals surface area contributed by atoms with E-state index in [1.807, 2.05) is 6.92 Å². The third-order valence-corrected chi connectivity index (χ3v) is 1.98. The first-order valence-corrected chi connectivity index (χ1v) is 5.27. The summed E-state index contributed by atoms with van der Waals surface area (Å²) >= 11 is 0. The summed E-state index contributed by atoms with van der Waals surface area (Å²) in [6.07, 6.45) is 1.98. The zero-order valence-electron chi connectivity index (χ0n) is 9.21. The molecule has 0 aromatic carbocycles. The van der Waals surface area contributed by atoms with E-state index in [-0.39, 0.29) is 11.8 Å². The van der Waals surface area contributed by atoms with Gasteiger partial charge >= 0.3 is 0 Å². The number of amides is 1. The van der Waals surface area contributed by atoms with Crippen molar-refractivity contribution in [1.82, 2.24) is 5.32 Å². The average molecular weight is 202 g/mol. The van der Waals surface area contributed by atoms with E-state index in [1.165, 1.54) is 0 Å². The Hall–Kier alpha value is -0.610. The van der Waals surface area contributed by atoms with Gasteiger partial charge in [-0.15, -0.1) is 0 Å². The third kappa shape index (κ3) is 6.86. The summed E-state index contributed by atoms with van der Waals surface area (Å²) < 4.78 is 5.13. The fourth-order valence-corrected chi connectivity index (χ4v) is 1.17. The summed E-state index contributed by atoms with van der Waals surface area (Å²) in [5.74, 6) is 0.220. The molecule has 14 heavy (non-hydrogen) atoms. The molecule has 0 aromatic heterocycles. The molecular weight excluding hydrogens is 180 g/mol. The zero-order valence-corrected chi connectivity index (χ0v) is 9.21. The van der Waals surface area contributed by atoms with Crippen molar-refractivity contribution in [3.05, 3.63) is 0 Å². The molecule has 0 saturated carbocycles. The summed E-state index contributed by atoms with van der Waals surface area (Å²) in [5.41, 5.74) is 5.25. The molecule has 0 saturated heterocycles. The van der Waals surface area contributed by atoms with Crippen LogP contribution in [0.4, 0.5) is 0 Å². The molecule has 84 valence electrons. The van der Waals surface area contributed by atoms with Crippen LogP contribution in [0.25, 0.3) is 0 Å². The van der Waals surface area contributed by atoms with Crippen molar-refractivity contribution in [2.75, 3.05) is 26.3 Å². The van der Waals surface area contributed by atoms with Crippen LogP contribution in [0.5, 0.6) is 0 Å². The van der Waals surface area contributed by atoms with Crippen molar-refractivity contribution in [3.63, 3.8) is 0 Å². The van der Waals surface area contributed by atoms with E-state index in [2.05, 4.69) is 12.2 Å². The van der Waals surface area contributed by atoms with Gasteiger partial charge in [0, 0.05) is 19.0 Å². The molecule has 0 spiro atoms. The number of nitrogens with two attached hydrogens (primary N) is 1. The molecule has 0 heterocycles. The Kier molecular flexibility index (Phi) is 8.57. The highest BCUT2D eigenvalue weighted by atomic mass is 16.5. The first kappa shape index (κ1) is 13.4. The van der Waals surface area contributed by atoms with Gasteiger partial charge in [0.05, 0.1) is 13.2 Å². The number of ether oxygens (including phenoxy) is 1. The predicted molar refractivity (Wildman–Crippen MR) is 57.0 cm³/mol. The van der Waals surface area contributed by atoms with Crippen molar-refractivity contribution in [3.8, 4) is 0 Å². The Morgan fingerprint density at radius 2 is 2.21 bits per heavy atom. The summed E-state index contributed by atoms with van der Waals surface area (Å²) in [4.78, 5) is 11.4. The van der Waals surface area contributed by atoms with Gasteiger partial charge in [-0.05, 0) is 6.42 Å². The smallest absolute Gasteiger partial charge is 0.222 e. The van der Waals surface area contributed by atoms with E-state index < -0.39 is 0 Å². The van der Waals surface area contributed by atoms with Gasteiger partial charge < -0.3 is 15.8 Å². The molecule has 4 heteroatoms. The third-order valence-electron chi connectivity index (χ3n) is 1.98. The monoisotopic (exact) mass is 202 g/mol. The highest BCUT2D eigenvalue weighted by Gasteiger charge is 2.09. The van der Waals surface area contributed by atoms with Gasteiger partial charge in [-0.3, -0.25) is 4.79 Å². The highest BCUT2D eigenvalue weighted by molar-refractivity contribution is 5.78. The maximum absolute atomic E-state index is 11.4. The van der Waals surface area contributed by atoms with E-state index in [9.17, 15) is 4.79 Å².